The number of aliphatic hydroxyl groups is 1. The number of esters is 2. The van der Waals surface area contributed by atoms with Crippen LogP contribution in [0.15, 0.2) is 24.3 Å². The summed E-state index contributed by atoms with van der Waals surface area (Å²) in [5, 5.41) is 10.6. The Morgan fingerprint density at radius 1 is 1.07 bits per heavy atom. The van der Waals surface area contributed by atoms with Crippen molar-refractivity contribution in [2.24, 2.45) is 11.8 Å². The van der Waals surface area contributed by atoms with Crippen LogP contribution in [0.3, 0.4) is 0 Å². The van der Waals surface area contributed by atoms with Gasteiger partial charge in [0.2, 0.25) is 0 Å². The van der Waals surface area contributed by atoms with E-state index in [1.54, 1.807) is 27.7 Å². The Labute approximate surface area is 164 Å². The lowest BCUT2D eigenvalue weighted by Crippen LogP contribution is -2.55. The number of halogens is 1. The van der Waals surface area contributed by atoms with Crippen molar-refractivity contribution in [3.05, 3.63) is 35.6 Å². The Kier molecular flexibility index (Phi) is 6.59. The molecule has 0 radical (unpaired) electrons. The molecule has 1 N–H and O–H groups in total. The Hall–Kier alpha value is -2.28. The highest BCUT2D eigenvalue weighted by Gasteiger charge is 2.56. The lowest BCUT2D eigenvalue weighted by atomic mass is 9.63. The summed E-state index contributed by atoms with van der Waals surface area (Å²) in [7, 11) is 0. The van der Waals surface area contributed by atoms with E-state index in [1.165, 1.54) is 31.2 Å². The van der Waals surface area contributed by atoms with Crippen LogP contribution in [0, 0.1) is 17.7 Å². The molecule has 0 saturated heterocycles. The van der Waals surface area contributed by atoms with E-state index < -0.39 is 59.1 Å². The van der Waals surface area contributed by atoms with E-state index in [0.717, 1.165) is 0 Å². The molecule has 1 saturated carbocycles. The van der Waals surface area contributed by atoms with Gasteiger partial charge >= 0.3 is 11.9 Å². The lowest BCUT2D eigenvalue weighted by molar-refractivity contribution is -0.173. The van der Waals surface area contributed by atoms with Crippen LogP contribution in [-0.4, -0.2) is 40.6 Å². The average molecular weight is 394 g/mol. The molecule has 28 heavy (non-hydrogen) atoms. The topological polar surface area (TPSA) is 89.9 Å². The van der Waals surface area contributed by atoms with Crippen LogP contribution in [0.25, 0.3) is 0 Å². The van der Waals surface area contributed by atoms with Crippen LogP contribution in [0.4, 0.5) is 4.39 Å². The molecule has 0 bridgehead atoms. The highest BCUT2D eigenvalue weighted by Crippen LogP contribution is 2.45. The summed E-state index contributed by atoms with van der Waals surface area (Å²) < 4.78 is 24.0. The Balaban J connectivity index is 2.57. The van der Waals surface area contributed by atoms with Crippen LogP contribution in [0.5, 0.6) is 0 Å². The van der Waals surface area contributed by atoms with Gasteiger partial charge in [-0.2, -0.15) is 0 Å². The molecule has 0 aliphatic heterocycles. The van der Waals surface area contributed by atoms with E-state index in [0.29, 0.717) is 5.56 Å². The third kappa shape index (κ3) is 4.76. The molecule has 1 aromatic rings. The molecular formula is C21H27FO6. The van der Waals surface area contributed by atoms with Crippen molar-refractivity contribution in [3.8, 4) is 0 Å². The van der Waals surface area contributed by atoms with Gasteiger partial charge in [-0.05, 0) is 58.7 Å². The number of ether oxygens (including phenoxy) is 2. The average Bonchev–Trinajstić information content (AvgIpc) is 2.56. The normalized spacial score (nSPS) is 27.8. The molecule has 1 aromatic carbocycles. The highest BCUT2D eigenvalue weighted by atomic mass is 19.1. The fourth-order valence-electron chi connectivity index (χ4n) is 3.60. The van der Waals surface area contributed by atoms with Gasteiger partial charge in [0.1, 0.15) is 17.3 Å². The number of benzene rings is 1. The molecule has 0 unspecified atom stereocenters. The third-order valence-corrected chi connectivity index (χ3v) is 4.74. The van der Waals surface area contributed by atoms with Gasteiger partial charge in [-0.3, -0.25) is 14.4 Å². The third-order valence-electron chi connectivity index (χ3n) is 4.74. The van der Waals surface area contributed by atoms with Gasteiger partial charge in [0.25, 0.3) is 0 Å². The first-order valence-corrected chi connectivity index (χ1v) is 9.37. The molecule has 1 aliphatic carbocycles. The number of rotatable bonds is 5. The number of hydrogen-bond acceptors (Lipinski definition) is 6. The summed E-state index contributed by atoms with van der Waals surface area (Å²) in [4.78, 5) is 38.5. The van der Waals surface area contributed by atoms with Crippen molar-refractivity contribution in [1.29, 1.82) is 0 Å². The summed E-state index contributed by atoms with van der Waals surface area (Å²) in [6.07, 6.45) is -1.10. The van der Waals surface area contributed by atoms with Crippen LogP contribution in [-0.2, 0) is 23.9 Å². The predicted molar refractivity (Wildman–Crippen MR) is 98.8 cm³/mol. The Morgan fingerprint density at radius 2 is 1.57 bits per heavy atom. The minimum atomic E-state index is -1.89. The van der Waals surface area contributed by atoms with Gasteiger partial charge in [0, 0.05) is 5.92 Å². The summed E-state index contributed by atoms with van der Waals surface area (Å²) in [6.45, 7) is 7.92. The maximum absolute atomic E-state index is 13.4. The summed E-state index contributed by atoms with van der Waals surface area (Å²) in [5.41, 5.74) is -1.46. The molecule has 6 nitrogen and oxygen atoms in total. The first kappa shape index (κ1) is 22.0. The van der Waals surface area contributed by atoms with E-state index in [9.17, 15) is 23.9 Å². The first-order chi connectivity index (χ1) is 12.9. The van der Waals surface area contributed by atoms with Gasteiger partial charge in [-0.25, -0.2) is 4.39 Å². The summed E-state index contributed by atoms with van der Waals surface area (Å²) in [5.74, 6) is -5.95. The minimum absolute atomic E-state index is 0.203. The molecule has 1 aliphatic rings. The van der Waals surface area contributed by atoms with E-state index in [-0.39, 0.29) is 6.42 Å². The number of hydrogen-bond donors (Lipinski definition) is 1. The molecule has 7 heteroatoms. The molecule has 0 heterocycles. The highest BCUT2D eigenvalue weighted by molar-refractivity contribution is 6.06. The maximum Gasteiger partial charge on any atom is 0.317 e. The second-order valence-electron chi connectivity index (χ2n) is 7.98. The van der Waals surface area contributed by atoms with Crippen molar-refractivity contribution in [2.45, 2.75) is 64.8 Å². The SMILES string of the molecule is CC(C)OC(=O)[C@H]1C(=O)[C@](C)(O)C[C@H](C(=O)OC(C)C)[C@H]1c1ccc(F)cc1. The maximum atomic E-state index is 13.4. The van der Waals surface area contributed by atoms with Gasteiger partial charge in [0.15, 0.2) is 5.78 Å². The number of carbonyl (C=O) groups excluding carboxylic acids is 3. The first-order valence-electron chi connectivity index (χ1n) is 9.37. The molecule has 0 spiro atoms. The zero-order valence-corrected chi connectivity index (χ0v) is 16.8. The molecular weight excluding hydrogens is 367 g/mol. The number of Topliss-reactive ketones (excluding diaryl/α,β-unsaturated/α-hetero) is 1. The van der Waals surface area contributed by atoms with E-state index in [2.05, 4.69) is 0 Å². The van der Waals surface area contributed by atoms with Crippen molar-refractivity contribution in [1.82, 2.24) is 0 Å². The summed E-state index contributed by atoms with van der Waals surface area (Å²) >= 11 is 0. The fourth-order valence-corrected chi connectivity index (χ4v) is 3.60. The Bertz CT molecular complexity index is 738. The van der Waals surface area contributed by atoms with E-state index in [1.807, 2.05) is 0 Å². The molecule has 4 atom stereocenters. The molecule has 154 valence electrons. The van der Waals surface area contributed by atoms with Crippen molar-refractivity contribution >= 4 is 17.7 Å². The second kappa shape index (κ2) is 8.39. The number of ketones is 1. The molecule has 0 aromatic heterocycles. The largest absolute Gasteiger partial charge is 0.463 e. The quantitative estimate of drug-likeness (QED) is 0.610. The lowest BCUT2D eigenvalue weighted by Gasteiger charge is -2.42. The Morgan fingerprint density at radius 3 is 2.07 bits per heavy atom. The fraction of sp³-hybridized carbons (Fsp3) is 0.571. The van der Waals surface area contributed by atoms with E-state index in [4.69, 9.17) is 9.47 Å². The minimum Gasteiger partial charge on any atom is -0.463 e. The van der Waals surface area contributed by atoms with Gasteiger partial charge in [-0.1, -0.05) is 12.1 Å². The second-order valence-corrected chi connectivity index (χ2v) is 7.98. The monoisotopic (exact) mass is 394 g/mol. The van der Waals surface area contributed by atoms with Crippen molar-refractivity contribution in [2.75, 3.05) is 0 Å². The van der Waals surface area contributed by atoms with Crippen molar-refractivity contribution < 1.29 is 33.4 Å². The summed E-state index contributed by atoms with van der Waals surface area (Å²) in [6, 6.07) is 5.25. The predicted octanol–water partition coefficient (Wildman–Crippen LogP) is 2.77. The number of carbonyl (C=O) groups is 3. The van der Waals surface area contributed by atoms with Gasteiger partial charge in [-0.15, -0.1) is 0 Å². The van der Waals surface area contributed by atoms with Crippen LogP contribution in [0.1, 0.15) is 52.5 Å². The van der Waals surface area contributed by atoms with Crippen LogP contribution < -0.4 is 0 Å². The zero-order valence-electron chi connectivity index (χ0n) is 16.8. The van der Waals surface area contributed by atoms with Crippen molar-refractivity contribution in [3.63, 3.8) is 0 Å². The molecule has 1 fully saturated rings. The molecule has 0 amide bonds. The van der Waals surface area contributed by atoms with Crippen LogP contribution in [0.2, 0.25) is 0 Å². The van der Waals surface area contributed by atoms with Gasteiger partial charge in [0.05, 0.1) is 18.1 Å². The smallest absolute Gasteiger partial charge is 0.317 e. The zero-order chi connectivity index (χ0) is 21.2. The van der Waals surface area contributed by atoms with Crippen LogP contribution >= 0.6 is 0 Å². The molecule has 2 rings (SSSR count). The van der Waals surface area contributed by atoms with E-state index >= 15 is 0 Å². The standard InChI is InChI=1S/C21H27FO6/c1-11(2)27-19(24)15-10-21(5,26)18(23)17(20(25)28-12(3)4)16(15)13-6-8-14(22)9-7-13/h6-9,11-12,15-17,26H,10H2,1-5H3/t15-,16+,17+,21+/m0/s1. The van der Waals surface area contributed by atoms with Gasteiger partial charge < -0.3 is 14.6 Å².